The summed E-state index contributed by atoms with van der Waals surface area (Å²) in [6.07, 6.45) is 0.572. The lowest BCUT2D eigenvalue weighted by molar-refractivity contribution is -0.138. The largest absolute Gasteiger partial charge is 0.503 e. The lowest BCUT2D eigenvalue weighted by Gasteiger charge is -2.15. The van der Waals surface area contributed by atoms with Crippen LogP contribution in [0.15, 0.2) is 84.9 Å². The second-order valence-electron chi connectivity index (χ2n) is 10.6. The Labute approximate surface area is 256 Å². The van der Waals surface area contributed by atoms with Crippen molar-refractivity contribution in [1.29, 1.82) is 0 Å². The van der Waals surface area contributed by atoms with Gasteiger partial charge in [-0.15, -0.1) is 0 Å². The van der Waals surface area contributed by atoms with Gasteiger partial charge >= 0.3 is 12.1 Å². The fourth-order valence-corrected chi connectivity index (χ4v) is 4.81. The Hall–Kier alpha value is -4.73. The Morgan fingerprint density at radius 3 is 2.04 bits per heavy atom. The van der Waals surface area contributed by atoms with E-state index >= 15 is 0 Å². The predicted molar refractivity (Wildman–Crippen MR) is 158 cm³/mol. The normalized spacial score (nSPS) is 12.4. The highest BCUT2D eigenvalue weighted by Crippen LogP contribution is 2.32. The molecule has 0 radical (unpaired) electrons. The number of phenols is 1. The number of carboxylic acids is 1. The summed E-state index contributed by atoms with van der Waals surface area (Å²) in [4.78, 5) is 10.9. The number of allylic oxidation sites excluding steroid dienone is 1. The molecule has 10 heteroatoms. The zero-order valence-corrected chi connectivity index (χ0v) is 24.0. The van der Waals surface area contributed by atoms with Crippen LogP contribution in [0.2, 0.25) is 0 Å². The van der Waals surface area contributed by atoms with E-state index in [9.17, 15) is 36.2 Å². The zero-order chi connectivity index (χ0) is 32.6. The lowest BCUT2D eigenvalue weighted by Crippen LogP contribution is -2.04. The number of ether oxygens (including phenoxy) is 1. The number of unbranched alkanes of at least 4 members (excludes halogenated alkanes) is 1. The van der Waals surface area contributed by atoms with Crippen LogP contribution in [0.5, 0.6) is 11.5 Å². The van der Waals surface area contributed by atoms with Gasteiger partial charge in [-0.3, -0.25) is 4.79 Å². The molecule has 0 aliphatic rings. The van der Waals surface area contributed by atoms with E-state index < -0.39 is 40.9 Å². The number of rotatable bonds is 13. The van der Waals surface area contributed by atoms with Crippen LogP contribution in [0.25, 0.3) is 17.2 Å². The number of alkyl halides is 3. The number of carboxylic acid groups (broad SMARTS) is 1. The van der Waals surface area contributed by atoms with Crippen LogP contribution in [0.1, 0.15) is 47.9 Å². The summed E-state index contributed by atoms with van der Waals surface area (Å²) < 4.78 is 86.7. The van der Waals surface area contributed by atoms with E-state index in [4.69, 9.17) is 9.84 Å². The number of carbonyl (C=O) groups is 1. The molecule has 0 fully saturated rings. The van der Waals surface area contributed by atoms with Crippen molar-refractivity contribution in [2.24, 2.45) is 5.92 Å². The zero-order valence-electron chi connectivity index (χ0n) is 24.0. The molecule has 0 aliphatic heterocycles. The van der Waals surface area contributed by atoms with Gasteiger partial charge in [-0.05, 0) is 89.9 Å². The Balaban J connectivity index is 1.47. The molecular formula is C35H30F6O4. The van der Waals surface area contributed by atoms with Crippen molar-refractivity contribution in [1.82, 2.24) is 0 Å². The fraction of sp³-hybridized carbons (Fsp3) is 0.229. The SMILES string of the molecule is O=C(O)CCCCC(/C=C\c1cc(F)ccc1OCc1ccc(-c2ccc(C(F)(F)F)cc2)cc1)Cc1cc(F)c(O)c(F)c1. The van der Waals surface area contributed by atoms with E-state index in [1.165, 1.54) is 30.3 Å². The molecule has 0 saturated carbocycles. The Morgan fingerprint density at radius 2 is 1.44 bits per heavy atom. The summed E-state index contributed by atoms with van der Waals surface area (Å²) in [5.74, 6) is -4.62. The van der Waals surface area contributed by atoms with Crippen molar-refractivity contribution in [2.75, 3.05) is 0 Å². The van der Waals surface area contributed by atoms with Crippen molar-refractivity contribution >= 4 is 12.0 Å². The van der Waals surface area contributed by atoms with Gasteiger partial charge in [0.15, 0.2) is 17.4 Å². The molecule has 0 spiro atoms. The van der Waals surface area contributed by atoms with Gasteiger partial charge in [-0.2, -0.15) is 13.2 Å². The molecule has 0 heterocycles. The molecular weight excluding hydrogens is 598 g/mol. The van der Waals surface area contributed by atoms with Crippen molar-refractivity contribution in [3.05, 3.63) is 125 Å². The second-order valence-corrected chi connectivity index (χ2v) is 10.6. The minimum atomic E-state index is -4.41. The lowest BCUT2D eigenvalue weighted by atomic mass is 9.92. The number of benzene rings is 4. The van der Waals surface area contributed by atoms with Crippen molar-refractivity contribution < 1.29 is 46.1 Å². The topological polar surface area (TPSA) is 66.8 Å². The maximum atomic E-state index is 14.2. The Bertz CT molecular complexity index is 1610. The summed E-state index contributed by atoms with van der Waals surface area (Å²) >= 11 is 0. The summed E-state index contributed by atoms with van der Waals surface area (Å²) in [5.41, 5.74) is 2.09. The fourth-order valence-electron chi connectivity index (χ4n) is 4.81. The van der Waals surface area contributed by atoms with Crippen LogP contribution in [0.3, 0.4) is 0 Å². The quantitative estimate of drug-likeness (QED) is 0.114. The van der Waals surface area contributed by atoms with Crippen LogP contribution in [0, 0.1) is 23.4 Å². The van der Waals surface area contributed by atoms with Gasteiger partial charge in [0.05, 0.1) is 5.56 Å². The van der Waals surface area contributed by atoms with Crippen LogP contribution < -0.4 is 4.74 Å². The first kappa shape index (κ1) is 33.2. The van der Waals surface area contributed by atoms with Crippen LogP contribution >= 0.6 is 0 Å². The predicted octanol–water partition coefficient (Wildman–Crippen LogP) is 9.59. The second kappa shape index (κ2) is 14.8. The molecule has 4 aromatic rings. The van der Waals surface area contributed by atoms with Crippen molar-refractivity contribution in [3.8, 4) is 22.6 Å². The monoisotopic (exact) mass is 628 g/mol. The first-order chi connectivity index (χ1) is 21.4. The molecule has 0 bridgehead atoms. The number of phenolic OH excluding ortho intramolecular Hbond substituents is 1. The van der Waals surface area contributed by atoms with Gasteiger partial charge in [0.25, 0.3) is 0 Å². The third-order valence-electron chi connectivity index (χ3n) is 7.20. The number of halogens is 6. The van der Waals surface area contributed by atoms with E-state index in [2.05, 4.69) is 0 Å². The molecule has 0 saturated heterocycles. The molecule has 4 nitrogen and oxygen atoms in total. The smallest absolute Gasteiger partial charge is 0.416 e. The van der Waals surface area contributed by atoms with E-state index in [1.807, 2.05) is 0 Å². The highest BCUT2D eigenvalue weighted by Gasteiger charge is 2.30. The highest BCUT2D eigenvalue weighted by molar-refractivity contribution is 5.66. The van der Waals surface area contributed by atoms with Crippen LogP contribution in [0.4, 0.5) is 26.3 Å². The average molecular weight is 629 g/mol. The standard InChI is InChI=1S/C35H30F6O4/c36-29-15-16-32(45-21-23-6-8-25(9-7-23)26-11-13-28(14-12-26)35(39,40)41)27(20-29)10-5-22(3-1-2-4-33(42)43)17-24-18-30(37)34(44)31(38)19-24/h5-16,18-20,22,44H,1-4,17,21H2,(H,42,43)/b10-5-. The average Bonchev–Trinajstić information content (AvgIpc) is 3.00. The number of aromatic hydroxyl groups is 1. The van der Waals surface area contributed by atoms with Gasteiger partial charge in [-0.25, -0.2) is 13.2 Å². The third-order valence-corrected chi connectivity index (χ3v) is 7.20. The minimum absolute atomic E-state index is 0.0217. The molecule has 4 rings (SSSR count). The summed E-state index contributed by atoms with van der Waals surface area (Å²) in [6, 6.07) is 18.0. The molecule has 4 aromatic carbocycles. The van der Waals surface area contributed by atoms with E-state index in [0.29, 0.717) is 41.7 Å². The number of hydrogen-bond donors (Lipinski definition) is 2. The molecule has 0 amide bonds. The third kappa shape index (κ3) is 9.63. The first-order valence-electron chi connectivity index (χ1n) is 14.1. The Morgan fingerprint density at radius 1 is 0.822 bits per heavy atom. The van der Waals surface area contributed by atoms with Crippen LogP contribution in [-0.4, -0.2) is 16.2 Å². The first-order valence-corrected chi connectivity index (χ1v) is 14.1. The van der Waals surface area contributed by atoms with Gasteiger partial charge in [0, 0.05) is 12.0 Å². The van der Waals surface area contributed by atoms with Crippen molar-refractivity contribution in [2.45, 2.75) is 44.9 Å². The molecule has 1 unspecified atom stereocenters. The van der Waals surface area contributed by atoms with Gasteiger partial charge in [0.1, 0.15) is 18.2 Å². The van der Waals surface area contributed by atoms with Crippen LogP contribution in [-0.2, 0) is 24.0 Å². The van der Waals surface area contributed by atoms with E-state index in [0.717, 1.165) is 35.4 Å². The number of aliphatic carboxylic acids is 1. The molecule has 2 N–H and O–H groups in total. The van der Waals surface area contributed by atoms with Crippen molar-refractivity contribution in [3.63, 3.8) is 0 Å². The molecule has 1 atom stereocenters. The molecule has 45 heavy (non-hydrogen) atoms. The summed E-state index contributed by atoms with van der Waals surface area (Å²) in [7, 11) is 0. The summed E-state index contributed by atoms with van der Waals surface area (Å²) in [6.45, 7) is 0.116. The maximum Gasteiger partial charge on any atom is 0.416 e. The van der Waals surface area contributed by atoms with E-state index in [1.54, 1.807) is 36.4 Å². The Kier molecular flexibility index (Phi) is 10.9. The molecule has 236 valence electrons. The summed E-state index contributed by atoms with van der Waals surface area (Å²) in [5, 5.41) is 18.4. The maximum absolute atomic E-state index is 14.2. The molecule has 0 aliphatic carbocycles. The van der Waals surface area contributed by atoms with Gasteiger partial charge in [0.2, 0.25) is 0 Å². The minimum Gasteiger partial charge on any atom is -0.503 e. The van der Waals surface area contributed by atoms with E-state index in [-0.39, 0.29) is 25.4 Å². The van der Waals surface area contributed by atoms with Gasteiger partial charge < -0.3 is 14.9 Å². The van der Waals surface area contributed by atoms with Gasteiger partial charge in [-0.1, -0.05) is 55.0 Å². The highest BCUT2D eigenvalue weighted by atomic mass is 19.4. The molecule has 0 aromatic heterocycles. The number of hydrogen-bond acceptors (Lipinski definition) is 3.